The second-order valence-electron chi connectivity index (χ2n) is 7.66. The SMILES string of the molecule is CC/C=C/NC1=NC=C(C)/C1=C(/C)N1CCN(C(=O)OC(C)(C)C)CC1. The second kappa shape index (κ2) is 8.43. The van der Waals surface area contributed by atoms with Gasteiger partial charge in [-0.15, -0.1) is 0 Å². The molecule has 0 saturated carbocycles. The van der Waals surface area contributed by atoms with Gasteiger partial charge in [-0.05, 0) is 52.8 Å². The number of carbonyl (C=O) groups excluding carboxylic acids is 1. The Morgan fingerprint density at radius 3 is 2.46 bits per heavy atom. The third-order valence-corrected chi connectivity index (χ3v) is 4.36. The third-order valence-electron chi connectivity index (χ3n) is 4.36. The van der Waals surface area contributed by atoms with E-state index in [0.717, 1.165) is 36.5 Å². The van der Waals surface area contributed by atoms with Crippen LogP contribution in [0.25, 0.3) is 0 Å². The monoisotopic (exact) mass is 360 g/mol. The van der Waals surface area contributed by atoms with Crippen LogP contribution in [0.1, 0.15) is 48.0 Å². The van der Waals surface area contributed by atoms with Crippen molar-refractivity contribution >= 4 is 11.9 Å². The maximum absolute atomic E-state index is 12.2. The van der Waals surface area contributed by atoms with E-state index in [2.05, 4.69) is 42.1 Å². The van der Waals surface area contributed by atoms with Gasteiger partial charge in [-0.25, -0.2) is 9.79 Å². The summed E-state index contributed by atoms with van der Waals surface area (Å²) in [6.07, 6.45) is 6.67. The van der Waals surface area contributed by atoms with E-state index in [1.807, 2.05) is 33.2 Å². The van der Waals surface area contributed by atoms with Crippen molar-refractivity contribution in [1.82, 2.24) is 15.1 Å². The fourth-order valence-corrected chi connectivity index (χ4v) is 3.01. The number of aliphatic imine (C=N–C) groups is 1. The Hall–Kier alpha value is -2.24. The summed E-state index contributed by atoms with van der Waals surface area (Å²) >= 11 is 0. The lowest BCUT2D eigenvalue weighted by Gasteiger charge is -2.37. The zero-order valence-corrected chi connectivity index (χ0v) is 16.9. The first-order valence-electron chi connectivity index (χ1n) is 9.33. The highest BCUT2D eigenvalue weighted by Crippen LogP contribution is 2.24. The van der Waals surface area contributed by atoms with E-state index in [4.69, 9.17) is 4.74 Å². The largest absolute Gasteiger partial charge is 0.444 e. The van der Waals surface area contributed by atoms with Gasteiger partial charge in [0, 0.05) is 43.6 Å². The Labute approximate surface area is 157 Å². The molecule has 0 aromatic heterocycles. The number of nitrogens with zero attached hydrogens (tertiary/aromatic N) is 3. The minimum atomic E-state index is -0.457. The molecule has 0 aromatic rings. The van der Waals surface area contributed by atoms with E-state index in [1.165, 1.54) is 5.70 Å². The predicted molar refractivity (Wildman–Crippen MR) is 106 cm³/mol. The summed E-state index contributed by atoms with van der Waals surface area (Å²) in [5, 5.41) is 3.28. The smallest absolute Gasteiger partial charge is 0.410 e. The van der Waals surface area contributed by atoms with Gasteiger partial charge in [-0.1, -0.05) is 13.0 Å². The van der Waals surface area contributed by atoms with Gasteiger partial charge in [0.15, 0.2) is 0 Å². The lowest BCUT2D eigenvalue weighted by molar-refractivity contribution is 0.0168. The van der Waals surface area contributed by atoms with Crippen molar-refractivity contribution in [1.29, 1.82) is 0 Å². The number of hydrogen-bond acceptors (Lipinski definition) is 5. The normalized spacial score (nSPS) is 20.2. The molecule has 1 amide bonds. The lowest BCUT2D eigenvalue weighted by atomic mass is 10.1. The van der Waals surface area contributed by atoms with Crippen molar-refractivity contribution in [3.63, 3.8) is 0 Å². The number of piperazine rings is 1. The number of hydrogen-bond donors (Lipinski definition) is 1. The van der Waals surface area contributed by atoms with Crippen LogP contribution in [0.2, 0.25) is 0 Å². The molecule has 0 atom stereocenters. The van der Waals surface area contributed by atoms with E-state index < -0.39 is 5.60 Å². The molecule has 2 aliphatic rings. The number of nitrogens with one attached hydrogen (secondary N) is 1. The van der Waals surface area contributed by atoms with Crippen molar-refractivity contribution in [2.75, 3.05) is 26.2 Å². The summed E-state index contributed by atoms with van der Waals surface area (Å²) in [5.74, 6) is 0.888. The van der Waals surface area contributed by atoms with Crippen molar-refractivity contribution in [2.24, 2.45) is 4.99 Å². The molecule has 1 fully saturated rings. The van der Waals surface area contributed by atoms with Crippen LogP contribution in [0, 0.1) is 0 Å². The summed E-state index contributed by atoms with van der Waals surface area (Å²) < 4.78 is 5.47. The van der Waals surface area contributed by atoms with Gasteiger partial charge < -0.3 is 19.9 Å². The van der Waals surface area contributed by atoms with Crippen molar-refractivity contribution in [2.45, 2.75) is 53.6 Å². The summed E-state index contributed by atoms with van der Waals surface area (Å²) in [6, 6.07) is 0. The second-order valence-corrected chi connectivity index (χ2v) is 7.66. The first kappa shape index (κ1) is 20.1. The third kappa shape index (κ3) is 5.13. The van der Waals surface area contributed by atoms with Crippen LogP contribution in [0.3, 0.4) is 0 Å². The molecular formula is C20H32N4O2. The minimum Gasteiger partial charge on any atom is -0.444 e. The van der Waals surface area contributed by atoms with Gasteiger partial charge >= 0.3 is 6.09 Å². The molecule has 1 saturated heterocycles. The van der Waals surface area contributed by atoms with Crippen molar-refractivity contribution < 1.29 is 9.53 Å². The molecule has 144 valence electrons. The molecule has 0 spiro atoms. The van der Waals surface area contributed by atoms with Crippen LogP contribution < -0.4 is 5.32 Å². The molecule has 2 aliphatic heterocycles. The maximum Gasteiger partial charge on any atom is 0.410 e. The van der Waals surface area contributed by atoms with E-state index in [-0.39, 0.29) is 6.09 Å². The fourth-order valence-electron chi connectivity index (χ4n) is 3.01. The molecule has 0 bridgehead atoms. The minimum absolute atomic E-state index is 0.229. The highest BCUT2D eigenvalue weighted by Gasteiger charge is 2.27. The molecule has 6 nitrogen and oxygen atoms in total. The molecular weight excluding hydrogens is 328 g/mol. The Balaban J connectivity index is 2.02. The molecule has 2 rings (SSSR count). The highest BCUT2D eigenvalue weighted by atomic mass is 16.6. The van der Waals surface area contributed by atoms with Gasteiger partial charge in [-0.3, -0.25) is 0 Å². The highest BCUT2D eigenvalue weighted by molar-refractivity contribution is 6.05. The Kier molecular flexibility index (Phi) is 6.51. The van der Waals surface area contributed by atoms with Crippen LogP contribution in [-0.4, -0.2) is 53.5 Å². The molecule has 0 aromatic carbocycles. The number of carbonyl (C=O) groups is 1. The van der Waals surface area contributed by atoms with Gasteiger partial charge in [-0.2, -0.15) is 0 Å². The Bertz CT molecular complexity index is 645. The standard InChI is InChI=1S/C20H32N4O2/c1-7-8-9-21-18-17(15(2)14-22-18)16(3)23-10-12-24(13-11-23)19(25)26-20(4,5)6/h8-9,14H,7,10-13H2,1-6H3,(H,21,22)/b9-8+,17-16+. The summed E-state index contributed by atoms with van der Waals surface area (Å²) in [6.45, 7) is 14.9. The zero-order chi connectivity index (χ0) is 19.3. The molecule has 26 heavy (non-hydrogen) atoms. The Morgan fingerprint density at radius 1 is 1.27 bits per heavy atom. The molecule has 1 N–H and O–H groups in total. The molecule has 0 unspecified atom stereocenters. The first-order valence-corrected chi connectivity index (χ1v) is 9.33. The van der Waals surface area contributed by atoms with E-state index in [1.54, 1.807) is 4.90 Å². The number of rotatable bonds is 3. The molecule has 6 heteroatoms. The van der Waals surface area contributed by atoms with E-state index in [0.29, 0.717) is 13.1 Å². The lowest BCUT2D eigenvalue weighted by Crippen LogP contribution is -2.49. The number of ether oxygens (including phenoxy) is 1. The fraction of sp³-hybridized carbons (Fsp3) is 0.600. The number of amidine groups is 1. The summed E-state index contributed by atoms with van der Waals surface area (Å²) in [5.41, 5.74) is 3.04. The van der Waals surface area contributed by atoms with Crippen LogP contribution in [0.4, 0.5) is 4.79 Å². The predicted octanol–water partition coefficient (Wildman–Crippen LogP) is 3.64. The average molecular weight is 361 g/mol. The molecule has 0 radical (unpaired) electrons. The van der Waals surface area contributed by atoms with Crippen molar-refractivity contribution in [3.05, 3.63) is 35.3 Å². The van der Waals surface area contributed by atoms with Crippen LogP contribution in [0.15, 0.2) is 40.3 Å². The van der Waals surface area contributed by atoms with Crippen LogP contribution >= 0.6 is 0 Å². The maximum atomic E-state index is 12.2. The van der Waals surface area contributed by atoms with Crippen LogP contribution in [0.5, 0.6) is 0 Å². The summed E-state index contributed by atoms with van der Waals surface area (Å²) in [7, 11) is 0. The first-order chi connectivity index (χ1) is 12.2. The van der Waals surface area contributed by atoms with Gasteiger partial charge in [0.1, 0.15) is 11.4 Å². The Morgan fingerprint density at radius 2 is 1.88 bits per heavy atom. The topological polar surface area (TPSA) is 57.2 Å². The molecule has 0 aliphatic carbocycles. The zero-order valence-electron chi connectivity index (χ0n) is 16.9. The average Bonchev–Trinajstić information content (AvgIpc) is 2.94. The van der Waals surface area contributed by atoms with Gasteiger partial charge in [0.05, 0.1) is 0 Å². The van der Waals surface area contributed by atoms with E-state index >= 15 is 0 Å². The van der Waals surface area contributed by atoms with Crippen molar-refractivity contribution in [3.8, 4) is 0 Å². The van der Waals surface area contributed by atoms with Crippen LogP contribution in [-0.2, 0) is 4.74 Å². The van der Waals surface area contributed by atoms with Gasteiger partial charge in [0.25, 0.3) is 0 Å². The number of allylic oxidation sites excluding steroid dienone is 2. The van der Waals surface area contributed by atoms with Gasteiger partial charge in [0.2, 0.25) is 0 Å². The van der Waals surface area contributed by atoms with E-state index in [9.17, 15) is 4.79 Å². The number of amides is 1. The molecule has 2 heterocycles. The quantitative estimate of drug-likeness (QED) is 0.835. The summed E-state index contributed by atoms with van der Waals surface area (Å²) in [4.78, 5) is 20.8.